The number of anilines is 2. The Balaban J connectivity index is 2.23. The van der Waals surface area contributed by atoms with Crippen molar-refractivity contribution in [3.05, 3.63) is 63.5 Å². The van der Waals surface area contributed by atoms with E-state index in [0.717, 1.165) is 12.1 Å². The van der Waals surface area contributed by atoms with Crippen molar-refractivity contribution in [3.63, 3.8) is 0 Å². The topological polar surface area (TPSA) is 98.3 Å². The van der Waals surface area contributed by atoms with Crippen LogP contribution in [0.15, 0.2) is 36.4 Å². The van der Waals surface area contributed by atoms with Gasteiger partial charge in [0.15, 0.2) is 0 Å². The highest BCUT2D eigenvalue weighted by Gasteiger charge is 2.14. The van der Waals surface area contributed by atoms with Crippen LogP contribution in [0.3, 0.4) is 0 Å². The number of hydrogen-bond donors (Lipinski definition) is 2. The molecule has 0 unspecified atom stereocenters. The largest absolute Gasteiger partial charge is 0.398 e. The summed E-state index contributed by atoms with van der Waals surface area (Å²) in [7, 11) is 0. The second kappa shape index (κ2) is 5.58. The predicted molar refractivity (Wildman–Crippen MR) is 76.6 cm³/mol. The number of nitrogen functional groups attached to an aromatic ring is 1. The number of carbonyl (C=O) groups excluding carboxylic acids is 1. The van der Waals surface area contributed by atoms with Crippen LogP contribution in [0.2, 0.25) is 0 Å². The molecule has 0 aliphatic rings. The average Bonchev–Trinajstić information content (AvgIpc) is 2.37. The summed E-state index contributed by atoms with van der Waals surface area (Å²) >= 11 is 0. The van der Waals surface area contributed by atoms with Gasteiger partial charge >= 0.3 is 0 Å². The molecule has 108 valence electrons. The number of hydrogen-bond acceptors (Lipinski definition) is 4. The van der Waals surface area contributed by atoms with E-state index in [2.05, 4.69) is 5.32 Å². The van der Waals surface area contributed by atoms with Gasteiger partial charge in [0, 0.05) is 23.0 Å². The van der Waals surface area contributed by atoms with Crippen LogP contribution in [-0.4, -0.2) is 10.8 Å². The molecule has 0 fully saturated rings. The second-order valence-corrected chi connectivity index (χ2v) is 4.44. The molecule has 7 heteroatoms. The minimum absolute atomic E-state index is 0.0196. The Kier molecular flexibility index (Phi) is 3.84. The molecule has 21 heavy (non-hydrogen) atoms. The number of carbonyl (C=O) groups is 1. The minimum Gasteiger partial charge on any atom is -0.398 e. The fourth-order valence-corrected chi connectivity index (χ4v) is 1.88. The molecule has 0 aliphatic carbocycles. The molecule has 2 rings (SSSR count). The Morgan fingerprint density at radius 2 is 2.00 bits per heavy atom. The molecule has 0 spiro atoms. The number of nitrogens with one attached hydrogen (secondary N) is 1. The van der Waals surface area contributed by atoms with Crippen molar-refractivity contribution >= 4 is 23.0 Å². The van der Waals surface area contributed by atoms with E-state index in [9.17, 15) is 19.3 Å². The Bertz CT molecular complexity index is 731. The van der Waals surface area contributed by atoms with E-state index in [1.54, 1.807) is 6.92 Å². The number of nitrogens with two attached hydrogens (primary N) is 1. The molecular formula is C14H12FN3O3. The molecule has 0 saturated carbocycles. The van der Waals surface area contributed by atoms with Crippen molar-refractivity contribution in [1.82, 2.24) is 0 Å². The number of amides is 1. The van der Waals surface area contributed by atoms with Gasteiger partial charge in [-0.3, -0.25) is 14.9 Å². The van der Waals surface area contributed by atoms with Gasteiger partial charge in [0.25, 0.3) is 11.6 Å². The van der Waals surface area contributed by atoms with Crippen LogP contribution in [0.25, 0.3) is 0 Å². The SMILES string of the molecule is Cc1cc(NC(=O)c2ccc(F)cc2N)ccc1[N+](=O)[O-]. The number of rotatable bonds is 3. The van der Waals surface area contributed by atoms with Crippen LogP contribution in [0.4, 0.5) is 21.5 Å². The van der Waals surface area contributed by atoms with Crippen molar-refractivity contribution in [1.29, 1.82) is 0 Å². The normalized spacial score (nSPS) is 10.2. The first kappa shape index (κ1) is 14.4. The molecule has 3 N–H and O–H groups in total. The smallest absolute Gasteiger partial charge is 0.272 e. The zero-order chi connectivity index (χ0) is 15.6. The maximum Gasteiger partial charge on any atom is 0.272 e. The van der Waals surface area contributed by atoms with E-state index in [1.807, 2.05) is 0 Å². The highest BCUT2D eigenvalue weighted by molar-refractivity contribution is 6.07. The van der Waals surface area contributed by atoms with E-state index in [0.29, 0.717) is 11.3 Å². The number of halogens is 1. The molecule has 2 aromatic carbocycles. The Morgan fingerprint density at radius 1 is 1.29 bits per heavy atom. The Hall–Kier alpha value is -2.96. The van der Waals surface area contributed by atoms with Crippen molar-refractivity contribution in [2.75, 3.05) is 11.1 Å². The van der Waals surface area contributed by atoms with Gasteiger partial charge < -0.3 is 11.1 Å². The van der Waals surface area contributed by atoms with Crippen LogP contribution < -0.4 is 11.1 Å². The molecule has 0 saturated heterocycles. The van der Waals surface area contributed by atoms with Gasteiger partial charge in [0.05, 0.1) is 10.5 Å². The molecule has 0 aromatic heterocycles. The minimum atomic E-state index is -0.532. The van der Waals surface area contributed by atoms with Gasteiger partial charge in [-0.25, -0.2) is 4.39 Å². The molecule has 6 nitrogen and oxygen atoms in total. The van der Waals surface area contributed by atoms with Crippen LogP contribution in [-0.2, 0) is 0 Å². The lowest BCUT2D eigenvalue weighted by atomic mass is 10.1. The third-order valence-corrected chi connectivity index (χ3v) is 2.91. The molecule has 0 aliphatic heterocycles. The Morgan fingerprint density at radius 3 is 2.57 bits per heavy atom. The Labute approximate surface area is 119 Å². The average molecular weight is 289 g/mol. The summed E-state index contributed by atoms with van der Waals surface area (Å²) in [6, 6.07) is 7.66. The van der Waals surface area contributed by atoms with Gasteiger partial charge in [0.1, 0.15) is 5.82 Å². The first-order valence-corrected chi connectivity index (χ1v) is 6.00. The summed E-state index contributed by atoms with van der Waals surface area (Å²) in [6.07, 6.45) is 0. The molecule has 0 heterocycles. The van der Waals surface area contributed by atoms with E-state index in [-0.39, 0.29) is 16.9 Å². The van der Waals surface area contributed by atoms with Crippen LogP contribution >= 0.6 is 0 Å². The van der Waals surface area contributed by atoms with E-state index in [4.69, 9.17) is 5.73 Å². The lowest BCUT2D eigenvalue weighted by Gasteiger charge is -2.08. The van der Waals surface area contributed by atoms with Crippen molar-refractivity contribution in [3.8, 4) is 0 Å². The van der Waals surface area contributed by atoms with Crippen LogP contribution in [0.1, 0.15) is 15.9 Å². The van der Waals surface area contributed by atoms with Gasteiger partial charge in [-0.1, -0.05) is 0 Å². The third kappa shape index (κ3) is 3.14. The first-order chi connectivity index (χ1) is 9.88. The lowest BCUT2D eigenvalue weighted by molar-refractivity contribution is -0.385. The summed E-state index contributed by atoms with van der Waals surface area (Å²) in [5.74, 6) is -1.05. The summed E-state index contributed by atoms with van der Waals surface area (Å²) in [5.41, 5.74) is 6.51. The van der Waals surface area contributed by atoms with Gasteiger partial charge in [0.2, 0.25) is 0 Å². The molecule has 1 amide bonds. The maximum absolute atomic E-state index is 12.9. The number of nitro benzene ring substituents is 1. The van der Waals surface area contributed by atoms with E-state index < -0.39 is 16.6 Å². The van der Waals surface area contributed by atoms with E-state index >= 15 is 0 Å². The van der Waals surface area contributed by atoms with Gasteiger partial charge in [-0.05, 0) is 37.3 Å². The molecule has 0 atom stereocenters. The summed E-state index contributed by atoms with van der Waals surface area (Å²) in [6.45, 7) is 1.57. The van der Waals surface area contributed by atoms with Crippen molar-refractivity contribution in [2.45, 2.75) is 6.92 Å². The summed E-state index contributed by atoms with van der Waals surface area (Å²) in [4.78, 5) is 22.2. The monoisotopic (exact) mass is 289 g/mol. The zero-order valence-electron chi connectivity index (χ0n) is 11.1. The van der Waals surface area contributed by atoms with Gasteiger partial charge in [-0.15, -0.1) is 0 Å². The highest BCUT2D eigenvalue weighted by atomic mass is 19.1. The molecule has 0 bridgehead atoms. The molecule has 0 radical (unpaired) electrons. The number of nitrogens with zero attached hydrogens (tertiary/aromatic N) is 1. The summed E-state index contributed by atoms with van der Waals surface area (Å²) < 4.78 is 12.9. The number of nitro groups is 1. The zero-order valence-corrected chi connectivity index (χ0v) is 11.1. The predicted octanol–water partition coefficient (Wildman–Crippen LogP) is 2.88. The molecule has 2 aromatic rings. The lowest BCUT2D eigenvalue weighted by Crippen LogP contribution is -2.14. The fourth-order valence-electron chi connectivity index (χ4n) is 1.88. The summed E-state index contributed by atoms with van der Waals surface area (Å²) in [5, 5.41) is 13.3. The van der Waals surface area contributed by atoms with Gasteiger partial charge in [-0.2, -0.15) is 0 Å². The number of benzene rings is 2. The highest BCUT2D eigenvalue weighted by Crippen LogP contribution is 2.22. The first-order valence-electron chi connectivity index (χ1n) is 6.00. The van der Waals surface area contributed by atoms with Crippen LogP contribution in [0.5, 0.6) is 0 Å². The van der Waals surface area contributed by atoms with E-state index in [1.165, 1.54) is 24.3 Å². The van der Waals surface area contributed by atoms with Crippen molar-refractivity contribution < 1.29 is 14.1 Å². The quantitative estimate of drug-likeness (QED) is 0.515. The second-order valence-electron chi connectivity index (χ2n) is 4.44. The van der Waals surface area contributed by atoms with Crippen molar-refractivity contribution in [2.24, 2.45) is 0 Å². The maximum atomic E-state index is 12.9. The fraction of sp³-hybridized carbons (Fsp3) is 0.0714. The van der Waals surface area contributed by atoms with Crippen LogP contribution in [0, 0.1) is 22.9 Å². The third-order valence-electron chi connectivity index (χ3n) is 2.91. The molecular weight excluding hydrogens is 277 g/mol. The standard InChI is InChI=1S/C14H12FN3O3/c1-8-6-10(3-5-13(8)18(20)21)17-14(19)11-4-2-9(15)7-12(11)16/h2-7H,16H2,1H3,(H,17,19). The number of aryl methyl sites for hydroxylation is 1.